The van der Waals surface area contributed by atoms with Gasteiger partial charge in [0.15, 0.2) is 3.77 Å². The predicted octanol–water partition coefficient (Wildman–Crippen LogP) is 3.81. The van der Waals surface area contributed by atoms with E-state index in [2.05, 4.69) is 34.0 Å². The second kappa shape index (κ2) is 5.44. The van der Waals surface area contributed by atoms with E-state index in [-0.39, 0.29) is 0 Å². The topological polar surface area (TPSA) is 34.4 Å². The average molecular weight is 343 g/mol. The summed E-state index contributed by atoms with van der Waals surface area (Å²) in [4.78, 5) is 0. The zero-order valence-electron chi connectivity index (χ0n) is 9.79. The Morgan fingerprint density at radius 1 is 1.29 bits per heavy atom. The lowest BCUT2D eigenvalue weighted by Crippen LogP contribution is -1.98. The number of benzene rings is 1. The van der Waals surface area contributed by atoms with Crippen molar-refractivity contribution in [2.45, 2.75) is 13.5 Å². The number of furan rings is 1. The lowest BCUT2D eigenvalue weighted by molar-refractivity contribution is 0.412. The third-order valence-electron chi connectivity index (χ3n) is 2.49. The Morgan fingerprint density at radius 3 is 2.71 bits per heavy atom. The van der Waals surface area contributed by atoms with E-state index >= 15 is 0 Å². The largest absolute Gasteiger partial charge is 0.496 e. The van der Waals surface area contributed by atoms with Crippen LogP contribution in [0, 0.1) is 10.7 Å². The second-order valence-electron chi connectivity index (χ2n) is 3.74. The molecule has 0 spiro atoms. The Balaban J connectivity index is 2.02. The van der Waals surface area contributed by atoms with Crippen LogP contribution in [0.4, 0.5) is 5.69 Å². The van der Waals surface area contributed by atoms with Crippen molar-refractivity contribution in [2.24, 2.45) is 0 Å². The Morgan fingerprint density at radius 2 is 2.12 bits per heavy atom. The number of anilines is 1. The molecule has 1 heterocycles. The summed E-state index contributed by atoms with van der Waals surface area (Å²) in [5.74, 6) is 1.84. The van der Waals surface area contributed by atoms with Crippen LogP contribution < -0.4 is 10.1 Å². The maximum absolute atomic E-state index is 5.48. The minimum Gasteiger partial charge on any atom is -0.496 e. The number of halogens is 1. The zero-order chi connectivity index (χ0) is 12.3. The number of methoxy groups -OCH3 is 1. The quantitative estimate of drug-likeness (QED) is 0.858. The molecule has 0 aliphatic heterocycles. The molecule has 0 amide bonds. The number of nitrogens with one attached hydrogen (secondary N) is 1. The molecule has 90 valence electrons. The smallest absolute Gasteiger partial charge is 0.164 e. The maximum Gasteiger partial charge on any atom is 0.164 e. The van der Waals surface area contributed by atoms with Crippen molar-refractivity contribution in [1.82, 2.24) is 0 Å². The number of aryl methyl sites for hydroxylation is 1. The molecule has 0 aliphatic carbocycles. The Bertz CT molecular complexity index is 508. The SMILES string of the molecule is COc1ccc(NCc2ccc(I)o2)cc1C. The molecular weight excluding hydrogens is 329 g/mol. The number of hydrogen-bond donors (Lipinski definition) is 1. The molecule has 0 unspecified atom stereocenters. The highest BCUT2D eigenvalue weighted by atomic mass is 127. The molecule has 0 aliphatic rings. The van der Waals surface area contributed by atoms with Crippen LogP contribution in [0.15, 0.2) is 34.7 Å². The molecule has 0 saturated heterocycles. The van der Waals surface area contributed by atoms with E-state index in [1.54, 1.807) is 7.11 Å². The van der Waals surface area contributed by atoms with Crippen LogP contribution >= 0.6 is 22.6 Å². The van der Waals surface area contributed by atoms with Gasteiger partial charge in [-0.1, -0.05) is 0 Å². The van der Waals surface area contributed by atoms with Crippen molar-refractivity contribution in [3.63, 3.8) is 0 Å². The van der Waals surface area contributed by atoms with Crippen LogP contribution in [0.3, 0.4) is 0 Å². The van der Waals surface area contributed by atoms with Gasteiger partial charge < -0.3 is 14.5 Å². The van der Waals surface area contributed by atoms with E-state index in [0.717, 1.165) is 26.5 Å². The van der Waals surface area contributed by atoms with E-state index in [4.69, 9.17) is 9.15 Å². The van der Waals surface area contributed by atoms with Crippen LogP contribution in [0.1, 0.15) is 11.3 Å². The molecule has 0 fully saturated rings. The van der Waals surface area contributed by atoms with E-state index in [0.29, 0.717) is 6.54 Å². The highest BCUT2D eigenvalue weighted by Crippen LogP contribution is 2.22. The van der Waals surface area contributed by atoms with Gasteiger partial charge in [0, 0.05) is 5.69 Å². The van der Waals surface area contributed by atoms with Crippen LogP contribution in [0.2, 0.25) is 0 Å². The molecule has 4 heteroatoms. The molecule has 0 bridgehead atoms. The fourth-order valence-electron chi connectivity index (χ4n) is 1.62. The second-order valence-corrected chi connectivity index (χ2v) is 4.81. The molecule has 1 N–H and O–H groups in total. The molecule has 0 atom stereocenters. The van der Waals surface area contributed by atoms with Crippen LogP contribution in [-0.4, -0.2) is 7.11 Å². The summed E-state index contributed by atoms with van der Waals surface area (Å²) in [7, 11) is 1.68. The van der Waals surface area contributed by atoms with Gasteiger partial charge in [-0.2, -0.15) is 0 Å². The molecule has 1 aromatic heterocycles. The van der Waals surface area contributed by atoms with Crippen LogP contribution in [0.5, 0.6) is 5.75 Å². The van der Waals surface area contributed by atoms with Crippen molar-refractivity contribution in [2.75, 3.05) is 12.4 Å². The first-order valence-electron chi connectivity index (χ1n) is 5.32. The van der Waals surface area contributed by atoms with Gasteiger partial charge in [-0.15, -0.1) is 0 Å². The zero-order valence-corrected chi connectivity index (χ0v) is 11.9. The lowest BCUT2D eigenvalue weighted by atomic mass is 10.2. The van der Waals surface area contributed by atoms with Crippen molar-refractivity contribution < 1.29 is 9.15 Å². The van der Waals surface area contributed by atoms with Gasteiger partial charge in [-0.25, -0.2) is 0 Å². The first-order valence-corrected chi connectivity index (χ1v) is 6.39. The first-order chi connectivity index (χ1) is 8.19. The minimum absolute atomic E-state index is 0.689. The van der Waals surface area contributed by atoms with Gasteiger partial charge in [0.2, 0.25) is 0 Å². The Kier molecular flexibility index (Phi) is 3.93. The highest BCUT2D eigenvalue weighted by molar-refractivity contribution is 14.1. The van der Waals surface area contributed by atoms with Crippen molar-refractivity contribution in [3.8, 4) is 5.75 Å². The van der Waals surface area contributed by atoms with E-state index in [1.165, 1.54) is 0 Å². The van der Waals surface area contributed by atoms with Gasteiger partial charge in [0.1, 0.15) is 11.5 Å². The maximum atomic E-state index is 5.48. The molecule has 17 heavy (non-hydrogen) atoms. The van der Waals surface area contributed by atoms with Crippen molar-refractivity contribution in [3.05, 3.63) is 45.4 Å². The number of hydrogen-bond acceptors (Lipinski definition) is 3. The summed E-state index contributed by atoms with van der Waals surface area (Å²) in [6.45, 7) is 2.72. The standard InChI is InChI=1S/C13H14INO2/c1-9-7-10(3-5-12(9)16-2)15-8-11-4-6-13(14)17-11/h3-7,15H,8H2,1-2H3. The Labute approximate surface area is 114 Å². The van der Waals surface area contributed by atoms with Crippen LogP contribution in [-0.2, 0) is 6.54 Å². The molecule has 0 radical (unpaired) electrons. The summed E-state index contributed by atoms with van der Waals surface area (Å²) >= 11 is 2.16. The number of rotatable bonds is 4. The molecule has 0 saturated carbocycles. The van der Waals surface area contributed by atoms with E-state index in [9.17, 15) is 0 Å². The number of ether oxygens (including phenoxy) is 1. The van der Waals surface area contributed by atoms with E-state index < -0.39 is 0 Å². The van der Waals surface area contributed by atoms with Crippen molar-refractivity contribution >= 4 is 28.3 Å². The fraction of sp³-hybridized carbons (Fsp3) is 0.231. The fourth-order valence-corrected chi connectivity index (χ4v) is 2.09. The summed E-state index contributed by atoms with van der Waals surface area (Å²) in [5, 5.41) is 3.31. The average Bonchev–Trinajstić information content (AvgIpc) is 2.73. The summed E-state index contributed by atoms with van der Waals surface area (Å²) in [5.41, 5.74) is 2.18. The molecule has 2 aromatic rings. The van der Waals surface area contributed by atoms with Gasteiger partial charge >= 0.3 is 0 Å². The summed E-state index contributed by atoms with van der Waals surface area (Å²) in [6.07, 6.45) is 0. The Hall–Kier alpha value is -1.17. The molecular formula is C13H14INO2. The molecule has 2 rings (SSSR count). The summed E-state index contributed by atoms with van der Waals surface area (Å²) < 4.78 is 11.6. The third kappa shape index (κ3) is 3.15. The predicted molar refractivity (Wildman–Crippen MR) is 76.5 cm³/mol. The van der Waals surface area contributed by atoms with Gasteiger partial charge in [0.25, 0.3) is 0 Å². The third-order valence-corrected chi connectivity index (χ3v) is 3.07. The highest BCUT2D eigenvalue weighted by Gasteiger charge is 2.02. The van der Waals surface area contributed by atoms with Gasteiger partial charge in [-0.05, 0) is 65.4 Å². The molecule has 1 aromatic carbocycles. The normalized spacial score (nSPS) is 10.3. The van der Waals surface area contributed by atoms with Gasteiger partial charge in [-0.3, -0.25) is 0 Å². The lowest BCUT2D eigenvalue weighted by Gasteiger charge is -2.08. The van der Waals surface area contributed by atoms with Gasteiger partial charge in [0.05, 0.1) is 13.7 Å². The molecule has 3 nitrogen and oxygen atoms in total. The summed E-state index contributed by atoms with van der Waals surface area (Å²) in [6, 6.07) is 9.96. The van der Waals surface area contributed by atoms with Crippen LogP contribution in [0.25, 0.3) is 0 Å². The monoisotopic (exact) mass is 343 g/mol. The van der Waals surface area contributed by atoms with Crippen molar-refractivity contribution in [1.29, 1.82) is 0 Å². The minimum atomic E-state index is 0.689. The van der Waals surface area contributed by atoms with E-state index in [1.807, 2.05) is 31.2 Å². The first kappa shape index (κ1) is 12.3.